The van der Waals surface area contributed by atoms with E-state index in [9.17, 15) is 23.3 Å². The molecule has 0 amide bonds. The molecular weight excluding hydrogens is 552 g/mol. The predicted octanol–water partition coefficient (Wildman–Crippen LogP) is 2.98. The van der Waals surface area contributed by atoms with Crippen molar-refractivity contribution < 1.29 is 23.1 Å². The van der Waals surface area contributed by atoms with Crippen LogP contribution in [-0.2, 0) is 27.8 Å². The average Bonchev–Trinajstić information content (AvgIpc) is 3.22. The van der Waals surface area contributed by atoms with E-state index >= 15 is 0 Å². The number of sulfonamides is 1. The molecule has 0 aliphatic carbocycles. The van der Waals surface area contributed by atoms with Crippen LogP contribution in [0.4, 0.5) is 0 Å². The van der Waals surface area contributed by atoms with Crippen LogP contribution in [0, 0.1) is 17.0 Å². The van der Waals surface area contributed by atoms with Crippen molar-refractivity contribution in [1.29, 1.82) is 0 Å². The summed E-state index contributed by atoms with van der Waals surface area (Å²) in [6.45, 7) is 10.6. The third-order valence-corrected chi connectivity index (χ3v) is 9.24. The second-order valence-corrected chi connectivity index (χ2v) is 11.9. The van der Waals surface area contributed by atoms with Crippen molar-refractivity contribution in [3.8, 4) is 17.1 Å². The lowest BCUT2D eigenvalue weighted by molar-refractivity contribution is -0.757. The van der Waals surface area contributed by atoms with E-state index in [2.05, 4.69) is 16.7 Å². The van der Waals surface area contributed by atoms with Crippen LogP contribution in [-0.4, -0.2) is 83.2 Å². The Kier molecular flexibility index (Phi) is 9.66. The molecule has 13 nitrogen and oxygen atoms in total. The van der Waals surface area contributed by atoms with Gasteiger partial charge in [-0.3, -0.25) is 9.69 Å². The van der Waals surface area contributed by atoms with E-state index in [1.54, 1.807) is 6.07 Å². The Bertz CT molecular complexity index is 1560. The van der Waals surface area contributed by atoms with Gasteiger partial charge < -0.3 is 19.1 Å². The largest absolute Gasteiger partial charge is 0.493 e. The van der Waals surface area contributed by atoms with Crippen LogP contribution in [0.1, 0.15) is 44.9 Å². The Morgan fingerprint density at radius 2 is 1.83 bits per heavy atom. The minimum absolute atomic E-state index is 0.0697. The Labute approximate surface area is 239 Å². The standard InChI is InChI=1S/C27H38N6O7S/c1-5-8-21-19(4)32(7-3)25-24(21)28-26(29-27(25)34)22-18-20(9-10-23(22)39-16-6-2)41(37,38)31-13-11-30(12-14-31)15-17-40-33(35)36/h9-10,18H,5-8,11-17H2,1-4H3,(H,28,29,34). The Hall–Kier alpha value is -3.49. The molecule has 0 saturated carbocycles. The van der Waals surface area contributed by atoms with Gasteiger partial charge >= 0.3 is 0 Å². The van der Waals surface area contributed by atoms with Crippen molar-refractivity contribution in [2.45, 2.75) is 58.4 Å². The highest BCUT2D eigenvalue weighted by molar-refractivity contribution is 7.89. The van der Waals surface area contributed by atoms with Crippen molar-refractivity contribution in [2.24, 2.45) is 0 Å². The molecule has 0 atom stereocenters. The van der Waals surface area contributed by atoms with E-state index in [0.717, 1.165) is 30.5 Å². The lowest BCUT2D eigenvalue weighted by atomic mass is 10.1. The van der Waals surface area contributed by atoms with E-state index in [0.29, 0.717) is 55.1 Å². The second kappa shape index (κ2) is 13.0. The highest BCUT2D eigenvalue weighted by Gasteiger charge is 2.30. The summed E-state index contributed by atoms with van der Waals surface area (Å²) in [6, 6.07) is 4.64. The van der Waals surface area contributed by atoms with Crippen LogP contribution in [0.5, 0.6) is 5.75 Å². The zero-order chi connectivity index (χ0) is 29.7. The van der Waals surface area contributed by atoms with Crippen LogP contribution >= 0.6 is 0 Å². The molecule has 3 aromatic rings. The van der Waals surface area contributed by atoms with Gasteiger partial charge in [0.2, 0.25) is 10.0 Å². The maximum absolute atomic E-state index is 13.7. The summed E-state index contributed by atoms with van der Waals surface area (Å²) in [5, 5.41) is 9.56. The molecule has 3 heterocycles. The fraction of sp³-hybridized carbons (Fsp3) is 0.556. The summed E-state index contributed by atoms with van der Waals surface area (Å²) in [7, 11) is -3.88. The average molecular weight is 591 g/mol. The van der Waals surface area contributed by atoms with Crippen molar-refractivity contribution in [1.82, 2.24) is 23.7 Å². The number of aromatic amines is 1. The number of benzene rings is 1. The fourth-order valence-electron chi connectivity index (χ4n) is 5.28. The molecule has 224 valence electrons. The van der Waals surface area contributed by atoms with Crippen molar-refractivity contribution in [3.05, 3.63) is 49.9 Å². The molecular formula is C27H38N6O7S. The summed E-state index contributed by atoms with van der Waals surface area (Å²) in [5.41, 5.74) is 3.26. The van der Waals surface area contributed by atoms with Crippen LogP contribution in [0.2, 0.25) is 0 Å². The number of ether oxygens (including phenoxy) is 1. The topological polar surface area (TPSA) is 153 Å². The van der Waals surface area contributed by atoms with E-state index in [-0.39, 0.29) is 36.0 Å². The Morgan fingerprint density at radius 3 is 2.46 bits per heavy atom. The van der Waals surface area contributed by atoms with Crippen LogP contribution < -0.4 is 10.3 Å². The maximum atomic E-state index is 13.7. The number of nitrogens with zero attached hydrogens (tertiary/aromatic N) is 5. The first-order valence-electron chi connectivity index (χ1n) is 14.0. The van der Waals surface area contributed by atoms with E-state index < -0.39 is 15.1 Å². The van der Waals surface area contributed by atoms with Crippen LogP contribution in [0.25, 0.3) is 22.4 Å². The van der Waals surface area contributed by atoms with Gasteiger partial charge in [0, 0.05) is 45.0 Å². The summed E-state index contributed by atoms with van der Waals surface area (Å²) < 4.78 is 36.7. The molecule has 1 aromatic carbocycles. The molecule has 1 N–H and O–H groups in total. The highest BCUT2D eigenvalue weighted by Crippen LogP contribution is 2.33. The van der Waals surface area contributed by atoms with Gasteiger partial charge in [0.05, 0.1) is 22.6 Å². The van der Waals surface area contributed by atoms with E-state index in [4.69, 9.17) is 9.72 Å². The SMILES string of the molecule is CCCOc1ccc(S(=O)(=O)N2CCN(CCO[N+](=O)[O-])CC2)cc1-c1nc2c(CCC)c(C)n(CC)c2c(=O)[nH]1. The number of aryl methyl sites for hydroxylation is 2. The third-order valence-electron chi connectivity index (χ3n) is 7.35. The molecule has 1 saturated heterocycles. The minimum Gasteiger partial charge on any atom is -0.493 e. The number of hydrogen-bond acceptors (Lipinski definition) is 9. The summed E-state index contributed by atoms with van der Waals surface area (Å²) >= 11 is 0. The van der Waals surface area contributed by atoms with Gasteiger partial charge in [-0.15, -0.1) is 10.1 Å². The van der Waals surface area contributed by atoms with E-state index in [1.165, 1.54) is 16.4 Å². The van der Waals surface area contributed by atoms with Gasteiger partial charge in [-0.1, -0.05) is 20.3 Å². The van der Waals surface area contributed by atoms with Crippen molar-refractivity contribution >= 4 is 21.1 Å². The third kappa shape index (κ3) is 6.39. The van der Waals surface area contributed by atoms with Crippen LogP contribution in [0.15, 0.2) is 27.9 Å². The zero-order valence-electron chi connectivity index (χ0n) is 24.0. The fourth-order valence-corrected chi connectivity index (χ4v) is 6.73. The summed E-state index contributed by atoms with van der Waals surface area (Å²) in [6.07, 6.45) is 2.41. The van der Waals surface area contributed by atoms with Gasteiger partial charge in [0.15, 0.2) is 0 Å². The molecule has 4 rings (SSSR count). The molecule has 1 aliphatic rings. The molecule has 41 heavy (non-hydrogen) atoms. The molecule has 14 heteroatoms. The van der Waals surface area contributed by atoms with Crippen molar-refractivity contribution in [3.63, 3.8) is 0 Å². The molecule has 0 spiro atoms. The molecule has 1 aliphatic heterocycles. The summed E-state index contributed by atoms with van der Waals surface area (Å²) in [5.74, 6) is 0.694. The number of nitrogens with one attached hydrogen (secondary N) is 1. The molecule has 1 fully saturated rings. The van der Waals surface area contributed by atoms with Crippen molar-refractivity contribution in [2.75, 3.05) is 45.9 Å². The lowest BCUT2D eigenvalue weighted by Gasteiger charge is -2.33. The maximum Gasteiger partial charge on any atom is 0.294 e. The number of fused-ring (bicyclic) bond motifs is 1. The number of piperazine rings is 1. The number of rotatable bonds is 13. The molecule has 0 unspecified atom stereocenters. The number of H-pyrrole nitrogens is 1. The second-order valence-electron chi connectivity index (χ2n) is 9.98. The van der Waals surface area contributed by atoms with Gasteiger partial charge in [0.1, 0.15) is 23.7 Å². The molecule has 0 radical (unpaired) electrons. The van der Waals surface area contributed by atoms with E-state index in [1.807, 2.05) is 30.2 Å². The van der Waals surface area contributed by atoms with Crippen LogP contribution in [0.3, 0.4) is 0 Å². The summed E-state index contributed by atoms with van der Waals surface area (Å²) in [4.78, 5) is 37.9. The first-order chi connectivity index (χ1) is 19.6. The molecule has 0 bridgehead atoms. The van der Waals surface area contributed by atoms with Gasteiger partial charge in [-0.2, -0.15) is 4.31 Å². The zero-order valence-corrected chi connectivity index (χ0v) is 24.8. The normalized spacial score (nSPS) is 14.9. The minimum atomic E-state index is -3.88. The quantitative estimate of drug-likeness (QED) is 0.234. The highest BCUT2D eigenvalue weighted by atomic mass is 32.2. The predicted molar refractivity (Wildman–Crippen MR) is 154 cm³/mol. The smallest absolute Gasteiger partial charge is 0.294 e. The van der Waals surface area contributed by atoms with Gasteiger partial charge in [-0.05, 0) is 50.5 Å². The van der Waals surface area contributed by atoms with Gasteiger partial charge in [-0.25, -0.2) is 13.4 Å². The number of aromatic nitrogens is 3. The lowest BCUT2D eigenvalue weighted by Crippen LogP contribution is -2.49. The monoisotopic (exact) mass is 590 g/mol. The molecule has 2 aromatic heterocycles. The van der Waals surface area contributed by atoms with Gasteiger partial charge in [0.25, 0.3) is 10.6 Å². The first kappa shape index (κ1) is 30.5. The Balaban J connectivity index is 1.71. The first-order valence-corrected chi connectivity index (χ1v) is 15.4. The number of hydrogen-bond donors (Lipinski definition) is 1. The Morgan fingerprint density at radius 1 is 1.10 bits per heavy atom.